The molecule has 1 heterocycles. The van der Waals surface area contributed by atoms with Crippen molar-refractivity contribution in [2.45, 2.75) is 64.2 Å². The molecule has 1 saturated carbocycles. The Morgan fingerprint density at radius 1 is 1.11 bits per heavy atom. The van der Waals surface area contributed by atoms with Crippen molar-refractivity contribution in [1.82, 2.24) is 0 Å². The molecule has 2 fully saturated rings. The van der Waals surface area contributed by atoms with Crippen molar-refractivity contribution in [3.05, 3.63) is 11.8 Å². The van der Waals surface area contributed by atoms with Gasteiger partial charge in [-0.1, -0.05) is 19.3 Å². The third-order valence-corrected chi connectivity index (χ3v) is 5.88. The van der Waals surface area contributed by atoms with Gasteiger partial charge in [0.1, 0.15) is 0 Å². The van der Waals surface area contributed by atoms with Crippen LogP contribution in [0.25, 0.3) is 0 Å². The maximum Gasteiger partial charge on any atom is 0.0876 e. The lowest BCUT2D eigenvalue weighted by atomic mass is 9.96. The van der Waals surface area contributed by atoms with Crippen molar-refractivity contribution in [3.8, 4) is 0 Å². The normalized spacial score (nSPS) is 29.4. The molecule has 0 aromatic carbocycles. The van der Waals surface area contributed by atoms with Crippen LogP contribution >= 0.6 is 0 Å². The van der Waals surface area contributed by atoms with Gasteiger partial charge in [0.25, 0.3) is 0 Å². The summed E-state index contributed by atoms with van der Waals surface area (Å²) in [6.07, 6.45) is 14.6. The second-order valence-corrected chi connectivity index (χ2v) is 7.64. The van der Waals surface area contributed by atoms with Gasteiger partial charge in [-0.25, -0.2) is 0 Å². The van der Waals surface area contributed by atoms with Crippen LogP contribution in [0, 0.1) is 5.92 Å². The van der Waals surface area contributed by atoms with Gasteiger partial charge >= 0.3 is 0 Å². The van der Waals surface area contributed by atoms with Crippen molar-refractivity contribution in [1.29, 1.82) is 0 Å². The Kier molecular flexibility index (Phi) is 6.97. The molecule has 0 amide bonds. The third-order valence-electron chi connectivity index (χ3n) is 4.30. The Labute approximate surface area is 120 Å². The first-order valence-corrected chi connectivity index (χ1v) is 9.48. The number of hydrogen-bond donors (Lipinski definition) is 0. The maximum atomic E-state index is 11.8. The van der Waals surface area contributed by atoms with E-state index in [9.17, 15) is 4.21 Å². The molecule has 1 aliphatic heterocycles. The molecule has 110 valence electrons. The van der Waals surface area contributed by atoms with E-state index < -0.39 is 10.8 Å². The summed E-state index contributed by atoms with van der Waals surface area (Å²) < 4.78 is 17.5. The lowest BCUT2D eigenvalue weighted by molar-refractivity contribution is 0.217. The highest BCUT2D eigenvalue weighted by Crippen LogP contribution is 2.23. The van der Waals surface area contributed by atoms with E-state index in [1.54, 1.807) is 0 Å². The molecule has 2 rings (SSSR count). The molecule has 19 heavy (non-hydrogen) atoms. The summed E-state index contributed by atoms with van der Waals surface area (Å²) >= 11 is 0. The smallest absolute Gasteiger partial charge is 0.0876 e. The maximum absolute atomic E-state index is 11.8. The fourth-order valence-corrected chi connectivity index (χ4v) is 4.62. The van der Waals surface area contributed by atoms with E-state index in [0.717, 1.165) is 31.0 Å². The van der Waals surface area contributed by atoms with Gasteiger partial charge in [-0.3, -0.25) is 4.21 Å². The minimum atomic E-state index is -0.579. The molecule has 2 aliphatic rings. The highest BCUT2D eigenvalue weighted by molar-refractivity contribution is 7.84. The van der Waals surface area contributed by atoms with Crippen molar-refractivity contribution >= 4 is 10.8 Å². The van der Waals surface area contributed by atoms with E-state index in [4.69, 9.17) is 4.74 Å². The lowest BCUT2D eigenvalue weighted by Crippen LogP contribution is -2.17. The zero-order valence-corrected chi connectivity index (χ0v) is 12.9. The van der Waals surface area contributed by atoms with E-state index in [-0.39, 0.29) is 0 Å². The first-order valence-electron chi connectivity index (χ1n) is 7.99. The standard InChI is InChI=1S/C16H28O2S/c17-19-12-6-2-5-9-16(14-19)10-11-18-13-15-7-3-1-4-8-15/h13,16H,1-12,14H2. The molecule has 0 aromatic rings. The van der Waals surface area contributed by atoms with Crippen LogP contribution in [0.1, 0.15) is 64.2 Å². The minimum absolute atomic E-state index is 0.579. The predicted octanol–water partition coefficient (Wildman–Crippen LogP) is 4.18. The second kappa shape index (κ2) is 8.78. The van der Waals surface area contributed by atoms with E-state index >= 15 is 0 Å². The average Bonchev–Trinajstić information content (AvgIpc) is 2.41. The van der Waals surface area contributed by atoms with Gasteiger partial charge in [0.2, 0.25) is 0 Å². The predicted molar refractivity (Wildman–Crippen MR) is 81.6 cm³/mol. The van der Waals surface area contributed by atoms with Gasteiger partial charge in [0.15, 0.2) is 0 Å². The molecule has 2 nitrogen and oxygen atoms in total. The molecular formula is C16H28O2S. The van der Waals surface area contributed by atoms with E-state index in [1.165, 1.54) is 56.9 Å². The van der Waals surface area contributed by atoms with Crippen LogP contribution in [0.3, 0.4) is 0 Å². The van der Waals surface area contributed by atoms with Gasteiger partial charge in [0.05, 0.1) is 12.9 Å². The van der Waals surface area contributed by atoms with E-state index in [1.807, 2.05) is 6.26 Å². The van der Waals surface area contributed by atoms with Crippen molar-refractivity contribution < 1.29 is 8.95 Å². The summed E-state index contributed by atoms with van der Waals surface area (Å²) in [5.74, 6) is 2.44. The zero-order valence-electron chi connectivity index (χ0n) is 12.1. The largest absolute Gasteiger partial charge is 0.501 e. The van der Waals surface area contributed by atoms with Gasteiger partial charge in [-0.05, 0) is 56.4 Å². The molecule has 1 aliphatic carbocycles. The molecule has 0 spiro atoms. The van der Waals surface area contributed by atoms with Gasteiger partial charge in [0, 0.05) is 22.3 Å². The topological polar surface area (TPSA) is 26.3 Å². The number of rotatable bonds is 4. The molecule has 0 N–H and O–H groups in total. The van der Waals surface area contributed by atoms with Crippen molar-refractivity contribution in [3.63, 3.8) is 0 Å². The fraction of sp³-hybridized carbons (Fsp3) is 0.875. The van der Waals surface area contributed by atoms with Crippen molar-refractivity contribution in [2.75, 3.05) is 18.1 Å². The Balaban J connectivity index is 1.64. The van der Waals surface area contributed by atoms with Crippen LogP contribution in [-0.4, -0.2) is 22.3 Å². The molecule has 2 unspecified atom stereocenters. The van der Waals surface area contributed by atoms with E-state index in [2.05, 4.69) is 0 Å². The molecule has 3 heteroatoms. The zero-order chi connectivity index (χ0) is 13.3. The number of hydrogen-bond acceptors (Lipinski definition) is 2. The third kappa shape index (κ3) is 6.11. The molecule has 0 bridgehead atoms. The molecule has 1 saturated heterocycles. The Bertz CT molecular complexity index is 304. The summed E-state index contributed by atoms with van der Waals surface area (Å²) in [5, 5.41) is 0. The van der Waals surface area contributed by atoms with Crippen LogP contribution in [-0.2, 0) is 15.5 Å². The lowest BCUT2D eigenvalue weighted by Gasteiger charge is -2.19. The Hall–Kier alpha value is -0.310. The molecule has 2 atom stereocenters. The average molecular weight is 284 g/mol. The first-order chi connectivity index (χ1) is 9.34. The monoisotopic (exact) mass is 284 g/mol. The SMILES string of the molecule is O=S1CCCCCC(CCOC=C2CCCCC2)C1. The van der Waals surface area contributed by atoms with Crippen molar-refractivity contribution in [2.24, 2.45) is 5.92 Å². The highest BCUT2D eigenvalue weighted by Gasteiger charge is 2.15. The van der Waals surface area contributed by atoms with Crippen LogP contribution in [0.2, 0.25) is 0 Å². The number of allylic oxidation sites excluding steroid dienone is 1. The summed E-state index contributed by atoms with van der Waals surface area (Å²) in [7, 11) is -0.579. The quantitative estimate of drug-likeness (QED) is 0.572. The van der Waals surface area contributed by atoms with Gasteiger partial charge < -0.3 is 4.74 Å². The highest BCUT2D eigenvalue weighted by atomic mass is 32.2. The summed E-state index contributed by atoms with van der Waals surface area (Å²) in [6, 6.07) is 0. The van der Waals surface area contributed by atoms with Crippen LogP contribution in [0.4, 0.5) is 0 Å². The molecular weight excluding hydrogens is 256 g/mol. The summed E-state index contributed by atoms with van der Waals surface area (Å²) in [4.78, 5) is 0. The molecule has 0 aromatic heterocycles. The van der Waals surface area contributed by atoms with E-state index in [0.29, 0.717) is 5.92 Å². The summed E-state index contributed by atoms with van der Waals surface area (Å²) in [5.41, 5.74) is 1.49. The molecule has 0 radical (unpaired) electrons. The Morgan fingerprint density at radius 3 is 2.74 bits per heavy atom. The second-order valence-electron chi connectivity index (χ2n) is 6.02. The van der Waals surface area contributed by atoms with Gasteiger partial charge in [-0.15, -0.1) is 0 Å². The van der Waals surface area contributed by atoms with Crippen LogP contribution < -0.4 is 0 Å². The Morgan fingerprint density at radius 2 is 1.89 bits per heavy atom. The fourth-order valence-electron chi connectivity index (χ4n) is 3.07. The van der Waals surface area contributed by atoms with Crippen LogP contribution in [0.5, 0.6) is 0 Å². The number of ether oxygens (including phenoxy) is 1. The first kappa shape index (κ1) is 15.1. The van der Waals surface area contributed by atoms with Crippen LogP contribution in [0.15, 0.2) is 11.8 Å². The summed E-state index contributed by atoms with van der Waals surface area (Å²) in [6.45, 7) is 0.811. The van der Waals surface area contributed by atoms with Gasteiger partial charge in [-0.2, -0.15) is 0 Å². The minimum Gasteiger partial charge on any atom is -0.501 e.